The van der Waals surface area contributed by atoms with Crippen LogP contribution < -0.4 is 16.6 Å². The fourth-order valence-electron chi connectivity index (χ4n) is 1.48. The molecule has 0 saturated heterocycles. The van der Waals surface area contributed by atoms with Crippen LogP contribution >= 0.6 is 11.6 Å². The van der Waals surface area contributed by atoms with Gasteiger partial charge in [0.05, 0.1) is 16.1 Å². The van der Waals surface area contributed by atoms with Gasteiger partial charge in [0.2, 0.25) is 0 Å². The van der Waals surface area contributed by atoms with Gasteiger partial charge in [-0.3, -0.25) is 20.8 Å². The van der Waals surface area contributed by atoms with Gasteiger partial charge in [-0.25, -0.2) is 0 Å². The van der Waals surface area contributed by atoms with Crippen molar-refractivity contribution in [2.45, 2.75) is 0 Å². The summed E-state index contributed by atoms with van der Waals surface area (Å²) in [6.07, 6.45) is 2.49. The number of carbonyl (C=O) groups is 1. The first kappa shape index (κ1) is 13.8. The highest BCUT2D eigenvalue weighted by atomic mass is 35.5. The summed E-state index contributed by atoms with van der Waals surface area (Å²) < 4.78 is 4.55. The van der Waals surface area contributed by atoms with E-state index in [0.29, 0.717) is 5.69 Å². The molecule has 20 heavy (non-hydrogen) atoms. The van der Waals surface area contributed by atoms with Gasteiger partial charge < -0.3 is 15.3 Å². The molecule has 0 aliphatic rings. The Morgan fingerprint density at radius 3 is 2.80 bits per heavy atom. The fourth-order valence-corrected chi connectivity index (χ4v) is 1.75. The summed E-state index contributed by atoms with van der Waals surface area (Å²) >= 11 is 5.85. The van der Waals surface area contributed by atoms with Crippen molar-refractivity contribution in [1.29, 1.82) is 0 Å². The number of amides is 1. The molecule has 1 aromatic carbocycles. The number of hydrogen-bond acceptors (Lipinski definition) is 7. The molecule has 0 atom stereocenters. The van der Waals surface area contributed by atoms with Crippen molar-refractivity contribution in [3.8, 4) is 0 Å². The van der Waals surface area contributed by atoms with Crippen molar-refractivity contribution in [3.05, 3.63) is 45.3 Å². The Morgan fingerprint density at radius 2 is 2.25 bits per heavy atom. The normalized spacial score (nSPS) is 10.1. The average Bonchev–Trinajstić information content (AvgIpc) is 2.90. The SMILES string of the molecule is NNc1c(Cl)cc(C(=O)Nc2cnoc2)cc1[N+](=O)[O-]. The number of benzene rings is 1. The molecule has 0 fully saturated rings. The van der Waals surface area contributed by atoms with Crippen molar-refractivity contribution in [2.75, 3.05) is 10.7 Å². The van der Waals surface area contributed by atoms with Crippen LogP contribution in [-0.4, -0.2) is 16.0 Å². The van der Waals surface area contributed by atoms with Crippen LogP contribution in [0.5, 0.6) is 0 Å². The van der Waals surface area contributed by atoms with E-state index >= 15 is 0 Å². The largest absolute Gasteiger partial charge is 0.363 e. The van der Waals surface area contributed by atoms with E-state index in [1.54, 1.807) is 0 Å². The van der Waals surface area contributed by atoms with Crippen molar-refractivity contribution >= 4 is 34.6 Å². The molecule has 1 heterocycles. The van der Waals surface area contributed by atoms with E-state index in [1.807, 2.05) is 0 Å². The monoisotopic (exact) mass is 297 g/mol. The van der Waals surface area contributed by atoms with Gasteiger partial charge >= 0.3 is 0 Å². The Balaban J connectivity index is 2.37. The maximum absolute atomic E-state index is 11.9. The predicted molar refractivity (Wildman–Crippen MR) is 70.4 cm³/mol. The van der Waals surface area contributed by atoms with Crippen LogP contribution in [0.2, 0.25) is 5.02 Å². The highest BCUT2D eigenvalue weighted by molar-refractivity contribution is 6.34. The van der Waals surface area contributed by atoms with E-state index < -0.39 is 16.5 Å². The van der Waals surface area contributed by atoms with E-state index in [9.17, 15) is 14.9 Å². The number of aromatic nitrogens is 1. The summed E-state index contributed by atoms with van der Waals surface area (Å²) in [7, 11) is 0. The molecule has 0 aliphatic carbocycles. The number of hydrogen-bond donors (Lipinski definition) is 3. The molecule has 9 nitrogen and oxygen atoms in total. The predicted octanol–water partition coefficient (Wildman–Crippen LogP) is 1.77. The molecule has 0 unspecified atom stereocenters. The topological polar surface area (TPSA) is 136 Å². The van der Waals surface area contributed by atoms with E-state index in [2.05, 4.69) is 20.4 Å². The molecule has 0 radical (unpaired) electrons. The minimum Gasteiger partial charge on any atom is -0.363 e. The number of nitro groups is 1. The highest BCUT2D eigenvalue weighted by Gasteiger charge is 2.21. The summed E-state index contributed by atoms with van der Waals surface area (Å²) in [6.45, 7) is 0. The van der Waals surface area contributed by atoms with E-state index in [4.69, 9.17) is 17.4 Å². The number of carbonyl (C=O) groups excluding carboxylic acids is 1. The average molecular weight is 298 g/mol. The first-order valence-electron chi connectivity index (χ1n) is 5.18. The van der Waals surface area contributed by atoms with Gasteiger partial charge in [0.15, 0.2) is 0 Å². The molecule has 10 heteroatoms. The van der Waals surface area contributed by atoms with E-state index in [0.717, 1.165) is 6.07 Å². The van der Waals surface area contributed by atoms with Crippen LogP contribution in [0.25, 0.3) is 0 Å². The number of hydrazine groups is 1. The molecule has 0 saturated carbocycles. The van der Waals surface area contributed by atoms with Crippen LogP contribution in [0.15, 0.2) is 29.1 Å². The second-order valence-corrected chi connectivity index (χ2v) is 4.03. The van der Waals surface area contributed by atoms with Gasteiger partial charge in [-0.1, -0.05) is 16.8 Å². The number of nitrogens with one attached hydrogen (secondary N) is 2. The third kappa shape index (κ3) is 2.68. The van der Waals surface area contributed by atoms with Crippen LogP contribution in [-0.2, 0) is 0 Å². The third-order valence-electron chi connectivity index (χ3n) is 2.36. The molecule has 0 aliphatic heterocycles. The molecule has 2 aromatic rings. The highest BCUT2D eigenvalue weighted by Crippen LogP contribution is 2.33. The van der Waals surface area contributed by atoms with E-state index in [-0.39, 0.29) is 16.3 Å². The number of anilines is 2. The van der Waals surface area contributed by atoms with Gasteiger partial charge in [-0.2, -0.15) is 0 Å². The van der Waals surface area contributed by atoms with Gasteiger partial charge in [-0.15, -0.1) is 0 Å². The first-order chi connectivity index (χ1) is 9.52. The molecule has 1 aromatic heterocycles. The molecule has 1 amide bonds. The lowest BCUT2D eigenvalue weighted by molar-refractivity contribution is -0.384. The Morgan fingerprint density at radius 1 is 1.50 bits per heavy atom. The maximum Gasteiger partial charge on any atom is 0.295 e. The van der Waals surface area contributed by atoms with Crippen molar-refractivity contribution in [2.24, 2.45) is 5.84 Å². The van der Waals surface area contributed by atoms with Crippen molar-refractivity contribution < 1.29 is 14.2 Å². The lowest BCUT2D eigenvalue weighted by Crippen LogP contribution is -2.14. The zero-order chi connectivity index (χ0) is 14.7. The molecular weight excluding hydrogens is 290 g/mol. The Bertz CT molecular complexity index is 658. The van der Waals surface area contributed by atoms with Gasteiger partial charge in [-0.05, 0) is 6.07 Å². The number of nitrogens with zero attached hydrogens (tertiary/aromatic N) is 2. The number of nitro benzene ring substituents is 1. The van der Waals surface area contributed by atoms with E-state index in [1.165, 1.54) is 18.5 Å². The molecule has 2 rings (SSSR count). The van der Waals surface area contributed by atoms with Crippen molar-refractivity contribution in [3.63, 3.8) is 0 Å². The first-order valence-corrected chi connectivity index (χ1v) is 5.56. The Kier molecular flexibility index (Phi) is 3.82. The summed E-state index contributed by atoms with van der Waals surface area (Å²) in [5, 5.41) is 16.7. The summed E-state index contributed by atoms with van der Waals surface area (Å²) in [5.41, 5.74) is 1.96. The summed E-state index contributed by atoms with van der Waals surface area (Å²) in [6, 6.07) is 2.32. The maximum atomic E-state index is 11.9. The van der Waals surface area contributed by atoms with Crippen LogP contribution in [0.3, 0.4) is 0 Å². The Hall–Kier alpha value is -2.65. The van der Waals surface area contributed by atoms with Crippen molar-refractivity contribution in [1.82, 2.24) is 5.16 Å². The lowest BCUT2D eigenvalue weighted by Gasteiger charge is -2.07. The van der Waals surface area contributed by atoms with Gasteiger partial charge in [0.25, 0.3) is 11.6 Å². The molecule has 0 spiro atoms. The van der Waals surface area contributed by atoms with Gasteiger partial charge in [0, 0.05) is 11.6 Å². The van der Waals surface area contributed by atoms with Crippen LogP contribution in [0.1, 0.15) is 10.4 Å². The summed E-state index contributed by atoms with van der Waals surface area (Å²) in [5.74, 6) is 4.57. The second kappa shape index (κ2) is 5.55. The second-order valence-electron chi connectivity index (χ2n) is 3.62. The zero-order valence-corrected chi connectivity index (χ0v) is 10.5. The number of nitrogens with two attached hydrogens (primary N) is 1. The molecule has 4 N–H and O–H groups in total. The van der Waals surface area contributed by atoms with Crippen LogP contribution in [0, 0.1) is 10.1 Å². The smallest absolute Gasteiger partial charge is 0.295 e. The summed E-state index contributed by atoms with van der Waals surface area (Å²) in [4.78, 5) is 22.1. The standard InChI is InChI=1S/C10H8ClN5O4/c11-7-1-5(2-8(16(18)19)9(7)15-12)10(17)14-6-3-13-20-4-6/h1-4,15H,12H2,(H,14,17). The fraction of sp³-hybridized carbons (Fsp3) is 0. The molecular formula is C10H8ClN5O4. The number of nitrogen functional groups attached to an aromatic ring is 1. The minimum atomic E-state index is -0.697. The quantitative estimate of drug-likeness (QED) is 0.444. The lowest BCUT2D eigenvalue weighted by atomic mass is 10.1. The third-order valence-corrected chi connectivity index (χ3v) is 2.66. The Labute approximate surface area is 116 Å². The minimum absolute atomic E-state index is 0.00176. The van der Waals surface area contributed by atoms with Gasteiger partial charge in [0.1, 0.15) is 17.6 Å². The number of rotatable bonds is 4. The molecule has 0 bridgehead atoms. The zero-order valence-electron chi connectivity index (χ0n) is 9.79. The number of halogens is 1. The molecule has 104 valence electrons. The van der Waals surface area contributed by atoms with Crippen LogP contribution in [0.4, 0.5) is 17.1 Å².